The number of hydrogen-bond donors (Lipinski definition) is 0. The largest absolute Gasteiger partial charge is 0.489 e. The van der Waals surface area contributed by atoms with Crippen molar-refractivity contribution in [3.63, 3.8) is 0 Å². The number of fused-ring (bicyclic) bond motifs is 1. The van der Waals surface area contributed by atoms with Crippen molar-refractivity contribution in [1.29, 1.82) is 0 Å². The molecule has 1 aromatic heterocycles. The van der Waals surface area contributed by atoms with Crippen LogP contribution in [0.15, 0.2) is 127 Å². The zero-order valence-electron chi connectivity index (χ0n) is 22.2. The third-order valence-corrected chi connectivity index (χ3v) is 6.68. The molecule has 0 bridgehead atoms. The van der Waals surface area contributed by atoms with E-state index in [-0.39, 0.29) is 42.1 Å². The normalized spacial score (nSPS) is 13.3. The molecule has 202 valence electrons. The summed E-state index contributed by atoms with van der Waals surface area (Å²) in [5.41, 5.74) is 2.59. The van der Waals surface area contributed by atoms with Crippen molar-refractivity contribution in [2.45, 2.75) is 12.6 Å². The molecule has 4 aromatic rings. The molecule has 40 heavy (non-hydrogen) atoms. The van der Waals surface area contributed by atoms with Crippen LogP contribution in [0.4, 0.5) is 0 Å². The Morgan fingerprint density at radius 1 is 0.825 bits per heavy atom. The molecule has 0 aliphatic carbocycles. The van der Waals surface area contributed by atoms with Crippen molar-refractivity contribution in [2.24, 2.45) is 0 Å². The molecular formula is C33H31N3O4. The first-order chi connectivity index (χ1) is 19.6. The summed E-state index contributed by atoms with van der Waals surface area (Å²) in [4.78, 5) is 28.6. The number of para-hydroxylation sites is 1. The van der Waals surface area contributed by atoms with Gasteiger partial charge in [-0.2, -0.15) is 0 Å². The van der Waals surface area contributed by atoms with E-state index in [1.54, 1.807) is 27.9 Å². The highest BCUT2D eigenvalue weighted by molar-refractivity contribution is 5.96. The average molecular weight is 534 g/mol. The van der Waals surface area contributed by atoms with Crippen molar-refractivity contribution in [3.8, 4) is 11.5 Å². The lowest BCUT2D eigenvalue weighted by molar-refractivity contribution is 0.0698. The van der Waals surface area contributed by atoms with Gasteiger partial charge in [0.2, 0.25) is 5.43 Å². The van der Waals surface area contributed by atoms with E-state index in [1.165, 1.54) is 6.07 Å². The molecule has 3 aromatic carbocycles. The summed E-state index contributed by atoms with van der Waals surface area (Å²) in [6.45, 7) is 8.69. The number of pyridine rings is 1. The SMILES string of the molecule is C=CCOc1ccccc1C(c1ccccc1)N1CN(CC=C)C(=O)c2c(OCc3ccccc3)c(=O)ccn21. The van der Waals surface area contributed by atoms with Crippen molar-refractivity contribution in [1.82, 2.24) is 9.58 Å². The lowest BCUT2D eigenvalue weighted by Crippen LogP contribution is -2.55. The van der Waals surface area contributed by atoms with E-state index in [9.17, 15) is 9.59 Å². The molecule has 1 amide bonds. The van der Waals surface area contributed by atoms with Gasteiger partial charge < -0.3 is 14.4 Å². The Balaban J connectivity index is 1.68. The first-order valence-electron chi connectivity index (χ1n) is 13.1. The van der Waals surface area contributed by atoms with E-state index >= 15 is 0 Å². The number of carbonyl (C=O) groups is 1. The Morgan fingerprint density at radius 3 is 2.25 bits per heavy atom. The monoisotopic (exact) mass is 533 g/mol. The Labute approximate surface area is 233 Å². The Morgan fingerprint density at radius 2 is 1.52 bits per heavy atom. The van der Waals surface area contributed by atoms with Gasteiger partial charge in [0.15, 0.2) is 11.4 Å². The zero-order chi connectivity index (χ0) is 27.9. The maximum Gasteiger partial charge on any atom is 0.278 e. The molecule has 2 heterocycles. The van der Waals surface area contributed by atoms with Crippen molar-refractivity contribution >= 4 is 5.91 Å². The van der Waals surface area contributed by atoms with Gasteiger partial charge in [0, 0.05) is 24.4 Å². The quantitative estimate of drug-likeness (QED) is 0.244. The second-order valence-electron chi connectivity index (χ2n) is 9.32. The topological polar surface area (TPSA) is 64.0 Å². The molecule has 1 atom stereocenters. The van der Waals surface area contributed by atoms with E-state index < -0.39 is 0 Å². The Hall–Kier alpha value is -5.04. The predicted octanol–water partition coefficient (Wildman–Crippen LogP) is 5.32. The molecule has 1 unspecified atom stereocenters. The Kier molecular flexibility index (Phi) is 8.11. The number of ether oxygens (including phenoxy) is 2. The summed E-state index contributed by atoms with van der Waals surface area (Å²) in [5.74, 6) is 0.407. The first-order valence-corrected chi connectivity index (χ1v) is 13.1. The summed E-state index contributed by atoms with van der Waals surface area (Å²) in [5, 5.41) is 2.04. The predicted molar refractivity (Wildman–Crippen MR) is 156 cm³/mol. The smallest absolute Gasteiger partial charge is 0.278 e. The van der Waals surface area contributed by atoms with Crippen LogP contribution in [0.2, 0.25) is 0 Å². The van der Waals surface area contributed by atoms with E-state index in [1.807, 2.05) is 89.9 Å². The fourth-order valence-electron chi connectivity index (χ4n) is 4.88. The lowest BCUT2D eigenvalue weighted by atomic mass is 9.97. The average Bonchev–Trinajstić information content (AvgIpc) is 2.99. The second kappa shape index (κ2) is 12.2. The summed E-state index contributed by atoms with van der Waals surface area (Å²) in [6.07, 6.45) is 5.02. The molecular weight excluding hydrogens is 502 g/mol. The molecule has 5 rings (SSSR count). The molecule has 1 aliphatic heterocycles. The number of rotatable bonds is 11. The molecule has 7 heteroatoms. The first kappa shape index (κ1) is 26.6. The standard InChI is InChI=1S/C33H31N3O4/c1-3-20-34-24-36(30(26-15-9-6-10-16-26)27-17-11-12-18-29(27)39-22-4-2)35-21-19-28(37)32(31(35)33(34)38)40-23-25-13-7-5-8-14-25/h3-19,21,30H,1-2,20,22-24H2. The van der Waals surface area contributed by atoms with Crippen LogP contribution >= 0.6 is 0 Å². The highest BCUT2D eigenvalue weighted by atomic mass is 16.5. The van der Waals surface area contributed by atoms with Crippen molar-refractivity contribution < 1.29 is 14.3 Å². The van der Waals surface area contributed by atoms with Gasteiger partial charge in [0.05, 0.1) is 0 Å². The van der Waals surface area contributed by atoms with E-state index in [0.717, 1.165) is 16.7 Å². The maximum absolute atomic E-state index is 13.8. The van der Waals surface area contributed by atoms with Crippen LogP contribution in [-0.4, -0.2) is 35.3 Å². The minimum Gasteiger partial charge on any atom is -0.489 e. The number of aromatic nitrogens is 1. The number of nitrogens with zero attached hydrogens (tertiary/aromatic N) is 3. The van der Waals surface area contributed by atoms with Gasteiger partial charge >= 0.3 is 0 Å². The van der Waals surface area contributed by atoms with Crippen LogP contribution in [0, 0.1) is 0 Å². The summed E-state index contributed by atoms with van der Waals surface area (Å²) < 4.78 is 13.9. The van der Waals surface area contributed by atoms with Crippen LogP contribution in [0.5, 0.6) is 11.5 Å². The summed E-state index contributed by atoms with van der Waals surface area (Å²) in [6, 6.07) is 28.4. The molecule has 0 radical (unpaired) electrons. The maximum atomic E-state index is 13.8. The minimum absolute atomic E-state index is 0.0121. The van der Waals surface area contributed by atoms with Crippen LogP contribution < -0.4 is 19.9 Å². The van der Waals surface area contributed by atoms with E-state index in [0.29, 0.717) is 18.9 Å². The van der Waals surface area contributed by atoms with Crippen LogP contribution in [-0.2, 0) is 6.61 Å². The number of carbonyl (C=O) groups excluding carboxylic acids is 1. The van der Waals surface area contributed by atoms with Gasteiger partial charge in [0.25, 0.3) is 5.91 Å². The highest BCUT2D eigenvalue weighted by Gasteiger charge is 2.37. The van der Waals surface area contributed by atoms with Gasteiger partial charge in [-0.1, -0.05) is 97.6 Å². The molecule has 0 saturated heterocycles. The zero-order valence-corrected chi connectivity index (χ0v) is 22.2. The van der Waals surface area contributed by atoms with Gasteiger partial charge in [-0.15, -0.1) is 6.58 Å². The number of hydrogen-bond acceptors (Lipinski definition) is 5. The summed E-state index contributed by atoms with van der Waals surface area (Å²) in [7, 11) is 0. The molecule has 0 spiro atoms. The van der Waals surface area contributed by atoms with Gasteiger partial charge in [0.1, 0.15) is 31.7 Å². The van der Waals surface area contributed by atoms with Gasteiger partial charge in [-0.25, -0.2) is 0 Å². The highest BCUT2D eigenvalue weighted by Crippen LogP contribution is 2.36. The van der Waals surface area contributed by atoms with E-state index in [4.69, 9.17) is 9.47 Å². The van der Waals surface area contributed by atoms with Crippen LogP contribution in [0.3, 0.4) is 0 Å². The second-order valence-corrected chi connectivity index (χ2v) is 9.32. The molecule has 0 N–H and O–H groups in total. The van der Waals surface area contributed by atoms with E-state index in [2.05, 4.69) is 13.2 Å². The van der Waals surface area contributed by atoms with Crippen LogP contribution in [0.25, 0.3) is 0 Å². The van der Waals surface area contributed by atoms with Gasteiger partial charge in [-0.05, 0) is 17.2 Å². The fourth-order valence-corrected chi connectivity index (χ4v) is 4.88. The molecule has 0 fully saturated rings. The summed E-state index contributed by atoms with van der Waals surface area (Å²) >= 11 is 0. The molecule has 7 nitrogen and oxygen atoms in total. The minimum atomic E-state index is -0.370. The number of amides is 1. The third-order valence-electron chi connectivity index (χ3n) is 6.68. The van der Waals surface area contributed by atoms with Crippen molar-refractivity contribution in [2.75, 3.05) is 24.8 Å². The van der Waals surface area contributed by atoms with Gasteiger partial charge in [-0.3, -0.25) is 19.3 Å². The fraction of sp³-hybridized carbons (Fsp3) is 0.152. The van der Waals surface area contributed by atoms with Crippen molar-refractivity contribution in [3.05, 3.63) is 155 Å². The number of benzene rings is 3. The molecule has 1 aliphatic rings. The van der Waals surface area contributed by atoms with Crippen LogP contribution in [0.1, 0.15) is 33.2 Å². The Bertz CT molecular complexity index is 1550. The lowest BCUT2D eigenvalue weighted by Gasteiger charge is -2.44. The third kappa shape index (κ3) is 5.40. The molecule has 0 saturated carbocycles.